The fourth-order valence-electron chi connectivity index (χ4n) is 11.9. The molecule has 15 aromatic rings. The number of nitrogens with zero attached hydrogens (tertiary/aromatic N) is 5. The summed E-state index contributed by atoms with van der Waals surface area (Å²) in [6.07, 6.45) is 0. The normalized spacial score (nSPS) is 11.9. The molecule has 4 aromatic heterocycles. The molecule has 0 N–H and O–H groups in total. The van der Waals surface area contributed by atoms with Crippen LogP contribution in [0.15, 0.2) is 261 Å². The molecule has 15 rings (SSSR count). The topological polar surface area (TPSA) is 23.0 Å². The summed E-state index contributed by atoms with van der Waals surface area (Å²) in [5.74, 6) is 0. The van der Waals surface area contributed by atoms with Gasteiger partial charge >= 0.3 is 0 Å². The highest BCUT2D eigenvalue weighted by atomic mass is 15.2. The minimum Gasteiger partial charge on any atom is -0.308 e. The van der Waals surface area contributed by atoms with Crippen molar-refractivity contribution in [3.05, 3.63) is 261 Å². The van der Waals surface area contributed by atoms with Crippen LogP contribution < -0.4 is 4.90 Å². The van der Waals surface area contributed by atoms with Crippen LogP contribution in [0.5, 0.6) is 0 Å². The standard InChI is InChI=1S/C66H43N5/c1-3-23-44(24-4-1)67(45-25-5-2-6-26-45)62-43-63(68-54-35-15-7-27-46(54)47-28-8-16-36-55(47)68)65(70-58-39-19-11-31-50(58)51-32-12-20-40-59(51)70)66(71-60-41-21-13-33-52(60)53-34-14-22-42-61(53)71)64(62)69-56-37-17-9-29-48(56)49-30-10-18-38-57(49)69/h1-43H. The molecule has 0 amide bonds. The number of fused-ring (bicyclic) bond motifs is 12. The number of para-hydroxylation sites is 10. The molecule has 4 heterocycles. The lowest BCUT2D eigenvalue weighted by molar-refractivity contribution is 1.02. The molecular formula is C66H43N5. The Bertz CT molecular complexity index is 4330. The summed E-state index contributed by atoms with van der Waals surface area (Å²) in [5.41, 5.74) is 16.3. The van der Waals surface area contributed by atoms with Gasteiger partial charge in [0.2, 0.25) is 0 Å². The first kappa shape index (κ1) is 39.4. The van der Waals surface area contributed by atoms with Crippen molar-refractivity contribution in [1.29, 1.82) is 0 Å². The van der Waals surface area contributed by atoms with E-state index in [1.54, 1.807) is 0 Å². The van der Waals surface area contributed by atoms with E-state index >= 15 is 0 Å². The van der Waals surface area contributed by atoms with Gasteiger partial charge in [0.25, 0.3) is 0 Å². The van der Waals surface area contributed by atoms with E-state index in [-0.39, 0.29) is 0 Å². The highest BCUT2D eigenvalue weighted by Crippen LogP contribution is 2.52. The number of aromatic nitrogens is 4. The van der Waals surface area contributed by atoms with Crippen molar-refractivity contribution in [2.45, 2.75) is 0 Å². The second kappa shape index (κ2) is 15.5. The summed E-state index contributed by atoms with van der Waals surface area (Å²) in [4.78, 5) is 2.48. The molecule has 0 unspecified atom stereocenters. The maximum Gasteiger partial charge on any atom is 0.0990 e. The summed E-state index contributed by atoms with van der Waals surface area (Å²) >= 11 is 0. The SMILES string of the molecule is c1ccc(N(c2ccccc2)c2cc(-n3c4ccccc4c4ccccc43)c(-n3c4ccccc4c4ccccc43)c(-n3c4ccccc4c4ccccc43)c2-n2c3ccccc3c3ccccc32)cc1. The van der Waals surface area contributed by atoms with Crippen molar-refractivity contribution in [2.24, 2.45) is 0 Å². The molecule has 0 radical (unpaired) electrons. The monoisotopic (exact) mass is 905 g/mol. The van der Waals surface area contributed by atoms with Crippen molar-refractivity contribution in [3.63, 3.8) is 0 Å². The Balaban J connectivity index is 1.30. The molecular weight excluding hydrogens is 863 g/mol. The Kier molecular flexibility index (Phi) is 8.59. The molecule has 0 aliphatic carbocycles. The molecule has 0 saturated heterocycles. The quantitative estimate of drug-likeness (QED) is 0.156. The van der Waals surface area contributed by atoms with Crippen LogP contribution in [-0.4, -0.2) is 18.3 Å². The Labute approximate surface area is 409 Å². The Morgan fingerprint density at radius 2 is 0.451 bits per heavy atom. The molecule has 0 aliphatic rings. The van der Waals surface area contributed by atoms with Gasteiger partial charge in [-0.25, -0.2) is 0 Å². The Morgan fingerprint density at radius 1 is 0.211 bits per heavy atom. The predicted molar refractivity (Wildman–Crippen MR) is 298 cm³/mol. The fraction of sp³-hybridized carbons (Fsp3) is 0. The second-order valence-electron chi connectivity index (χ2n) is 18.4. The van der Waals surface area contributed by atoms with E-state index in [0.717, 1.165) is 83.9 Å². The zero-order chi connectivity index (χ0) is 46.6. The molecule has 71 heavy (non-hydrogen) atoms. The third kappa shape index (κ3) is 5.69. The zero-order valence-corrected chi connectivity index (χ0v) is 38.6. The van der Waals surface area contributed by atoms with Gasteiger partial charge < -0.3 is 23.2 Å². The van der Waals surface area contributed by atoms with Crippen LogP contribution in [0.3, 0.4) is 0 Å². The number of hydrogen-bond acceptors (Lipinski definition) is 1. The number of rotatable bonds is 7. The number of benzene rings is 11. The average molecular weight is 906 g/mol. The molecule has 5 nitrogen and oxygen atoms in total. The van der Waals surface area contributed by atoms with E-state index in [1.807, 2.05) is 0 Å². The zero-order valence-electron chi connectivity index (χ0n) is 38.6. The van der Waals surface area contributed by atoms with Crippen molar-refractivity contribution in [2.75, 3.05) is 4.90 Å². The lowest BCUT2D eigenvalue weighted by Gasteiger charge is -2.33. The molecule has 332 valence electrons. The summed E-state index contributed by atoms with van der Waals surface area (Å²) in [6.45, 7) is 0. The molecule has 0 fully saturated rings. The van der Waals surface area contributed by atoms with Gasteiger partial charge in [0.1, 0.15) is 0 Å². The van der Waals surface area contributed by atoms with E-state index in [4.69, 9.17) is 0 Å². The third-order valence-electron chi connectivity index (χ3n) is 14.7. The van der Waals surface area contributed by atoms with Gasteiger partial charge in [0, 0.05) is 54.5 Å². The van der Waals surface area contributed by atoms with Gasteiger partial charge in [-0.05, 0) is 78.9 Å². The van der Waals surface area contributed by atoms with Crippen LogP contribution in [0.1, 0.15) is 0 Å². The van der Waals surface area contributed by atoms with E-state index in [2.05, 4.69) is 284 Å². The Hall–Kier alpha value is -9.58. The van der Waals surface area contributed by atoms with E-state index < -0.39 is 0 Å². The van der Waals surface area contributed by atoms with E-state index in [1.165, 1.54) is 43.1 Å². The van der Waals surface area contributed by atoms with Crippen LogP contribution in [0.4, 0.5) is 17.1 Å². The van der Waals surface area contributed by atoms with Gasteiger partial charge in [-0.15, -0.1) is 0 Å². The number of anilines is 3. The maximum absolute atomic E-state index is 2.58. The van der Waals surface area contributed by atoms with Gasteiger partial charge in [-0.2, -0.15) is 0 Å². The fourth-order valence-corrected chi connectivity index (χ4v) is 11.9. The lowest BCUT2D eigenvalue weighted by Crippen LogP contribution is -2.19. The summed E-state index contributed by atoms with van der Waals surface area (Å²) in [7, 11) is 0. The molecule has 5 heteroatoms. The molecule has 0 atom stereocenters. The summed E-state index contributed by atoms with van der Waals surface area (Å²) in [6, 6.07) is 95.7. The van der Waals surface area contributed by atoms with Crippen molar-refractivity contribution >= 4 is 104 Å². The van der Waals surface area contributed by atoms with Crippen molar-refractivity contribution in [3.8, 4) is 22.7 Å². The van der Waals surface area contributed by atoms with Gasteiger partial charge in [0.05, 0.1) is 72.6 Å². The highest BCUT2D eigenvalue weighted by molar-refractivity contribution is 6.16. The first-order chi connectivity index (χ1) is 35.3. The summed E-state index contributed by atoms with van der Waals surface area (Å²) < 4.78 is 10.2. The average Bonchev–Trinajstić information content (AvgIpc) is 4.17. The largest absolute Gasteiger partial charge is 0.308 e. The molecule has 0 bridgehead atoms. The highest BCUT2D eigenvalue weighted by Gasteiger charge is 2.33. The predicted octanol–water partition coefficient (Wildman–Crippen LogP) is 17.5. The first-order valence-corrected chi connectivity index (χ1v) is 24.4. The van der Waals surface area contributed by atoms with Crippen molar-refractivity contribution < 1.29 is 0 Å². The maximum atomic E-state index is 2.58. The minimum absolute atomic E-state index is 1.02. The van der Waals surface area contributed by atoms with Gasteiger partial charge in [0.15, 0.2) is 0 Å². The van der Waals surface area contributed by atoms with Crippen LogP contribution in [0.25, 0.3) is 110 Å². The molecule has 0 saturated carbocycles. The summed E-state index contributed by atoms with van der Waals surface area (Å²) in [5, 5.41) is 9.56. The molecule has 0 spiro atoms. The third-order valence-corrected chi connectivity index (χ3v) is 14.7. The van der Waals surface area contributed by atoms with E-state index in [0.29, 0.717) is 0 Å². The van der Waals surface area contributed by atoms with Crippen LogP contribution in [0, 0.1) is 0 Å². The van der Waals surface area contributed by atoms with Gasteiger partial charge in [-0.3, -0.25) is 0 Å². The van der Waals surface area contributed by atoms with Crippen LogP contribution in [0.2, 0.25) is 0 Å². The lowest BCUT2D eigenvalue weighted by atomic mass is 10.1. The van der Waals surface area contributed by atoms with E-state index in [9.17, 15) is 0 Å². The second-order valence-corrected chi connectivity index (χ2v) is 18.4. The minimum atomic E-state index is 1.02. The van der Waals surface area contributed by atoms with Gasteiger partial charge in [-0.1, -0.05) is 182 Å². The smallest absolute Gasteiger partial charge is 0.0990 e. The van der Waals surface area contributed by atoms with Crippen LogP contribution in [-0.2, 0) is 0 Å². The first-order valence-electron chi connectivity index (χ1n) is 24.4. The number of hydrogen-bond donors (Lipinski definition) is 0. The Morgan fingerprint density at radius 3 is 0.761 bits per heavy atom. The molecule has 0 aliphatic heterocycles. The van der Waals surface area contributed by atoms with Crippen LogP contribution >= 0.6 is 0 Å². The molecule has 11 aromatic carbocycles. The van der Waals surface area contributed by atoms with Crippen molar-refractivity contribution in [1.82, 2.24) is 18.3 Å².